The van der Waals surface area contributed by atoms with Gasteiger partial charge in [0.1, 0.15) is 5.54 Å². The molecule has 1 saturated heterocycles. The number of imide groups is 1. The van der Waals surface area contributed by atoms with Gasteiger partial charge in [0.05, 0.1) is 4.90 Å². The largest absolute Gasteiger partial charge is 0.326 e. The molecule has 146 valence electrons. The highest BCUT2D eigenvalue weighted by Crippen LogP contribution is 2.35. The number of rotatable bonds is 6. The van der Waals surface area contributed by atoms with E-state index in [4.69, 9.17) is 5.14 Å². The molecule has 0 unspecified atom stereocenters. The van der Waals surface area contributed by atoms with E-state index >= 15 is 0 Å². The number of nitrogens with zero attached hydrogens (tertiary/aromatic N) is 1. The van der Waals surface area contributed by atoms with Crippen molar-refractivity contribution in [3.05, 3.63) is 24.3 Å². The van der Waals surface area contributed by atoms with Crippen LogP contribution in [0.5, 0.6) is 0 Å². The summed E-state index contributed by atoms with van der Waals surface area (Å²) in [6.45, 7) is 0.185. The summed E-state index contributed by atoms with van der Waals surface area (Å²) in [5, 5.41) is 10.5. The second kappa shape index (κ2) is 7.28. The van der Waals surface area contributed by atoms with Gasteiger partial charge < -0.3 is 10.6 Å². The number of primary sulfonamides is 1. The number of nitrogens with two attached hydrogens (primary N) is 1. The van der Waals surface area contributed by atoms with Crippen LogP contribution < -0.4 is 15.8 Å². The van der Waals surface area contributed by atoms with Gasteiger partial charge in [0.15, 0.2) is 0 Å². The van der Waals surface area contributed by atoms with Gasteiger partial charge in [-0.2, -0.15) is 0 Å². The molecule has 10 heteroatoms. The Morgan fingerprint density at radius 1 is 1.19 bits per heavy atom. The number of hydrogen-bond donors (Lipinski definition) is 3. The Kier molecular flexibility index (Phi) is 5.20. The van der Waals surface area contributed by atoms with E-state index in [0.717, 1.165) is 12.8 Å². The van der Waals surface area contributed by atoms with Crippen molar-refractivity contribution in [3.8, 4) is 0 Å². The number of amides is 4. The average molecular weight is 394 g/mol. The second-order valence-electron chi connectivity index (χ2n) is 6.90. The van der Waals surface area contributed by atoms with Crippen LogP contribution in [0.15, 0.2) is 29.2 Å². The van der Waals surface area contributed by atoms with Crippen LogP contribution in [0.4, 0.5) is 10.5 Å². The summed E-state index contributed by atoms with van der Waals surface area (Å²) < 4.78 is 22.4. The first kappa shape index (κ1) is 19.3. The zero-order valence-electron chi connectivity index (χ0n) is 14.7. The third kappa shape index (κ3) is 4.11. The van der Waals surface area contributed by atoms with Crippen LogP contribution in [0.2, 0.25) is 0 Å². The minimum absolute atomic E-state index is 0.0418. The molecule has 1 aliphatic carbocycles. The fourth-order valence-corrected chi connectivity index (χ4v) is 4.06. The summed E-state index contributed by atoms with van der Waals surface area (Å²) in [5.41, 5.74) is -0.294. The first-order chi connectivity index (χ1) is 12.7. The number of sulfonamides is 1. The van der Waals surface area contributed by atoms with Gasteiger partial charge in [-0.3, -0.25) is 14.5 Å². The molecular formula is C17H22N4O5S. The van der Waals surface area contributed by atoms with E-state index in [1.807, 2.05) is 0 Å². The molecule has 2 aliphatic rings. The second-order valence-corrected chi connectivity index (χ2v) is 8.46. The highest BCUT2D eigenvalue weighted by molar-refractivity contribution is 7.89. The maximum atomic E-state index is 12.5. The van der Waals surface area contributed by atoms with E-state index in [9.17, 15) is 22.8 Å². The summed E-state index contributed by atoms with van der Waals surface area (Å²) in [4.78, 5) is 37.7. The van der Waals surface area contributed by atoms with Crippen LogP contribution in [-0.4, -0.2) is 43.2 Å². The lowest BCUT2D eigenvalue weighted by atomic mass is 9.98. The highest BCUT2D eigenvalue weighted by atomic mass is 32.2. The van der Waals surface area contributed by atoms with Gasteiger partial charge in [-0.1, -0.05) is 12.8 Å². The maximum absolute atomic E-state index is 12.5. The number of carbonyl (C=O) groups is 3. The minimum Gasteiger partial charge on any atom is -0.326 e. The zero-order valence-corrected chi connectivity index (χ0v) is 15.5. The molecular weight excluding hydrogens is 372 g/mol. The molecule has 1 aromatic carbocycles. The smallest absolute Gasteiger partial charge is 0.325 e. The molecule has 4 amide bonds. The number of hydrogen-bond acceptors (Lipinski definition) is 5. The zero-order chi connectivity index (χ0) is 19.7. The SMILES string of the molecule is NS(=O)(=O)c1ccc(NC(=O)CCCN2C(=O)NC3(CCCC3)C2=O)cc1. The van der Waals surface area contributed by atoms with Gasteiger partial charge in [0, 0.05) is 18.7 Å². The third-order valence-electron chi connectivity index (χ3n) is 4.96. The quantitative estimate of drug-likeness (QED) is 0.616. The van der Waals surface area contributed by atoms with Crippen LogP contribution in [0.1, 0.15) is 38.5 Å². The molecule has 27 heavy (non-hydrogen) atoms. The standard InChI is InChI=1S/C17H22N4O5S/c18-27(25,26)13-7-5-12(6-8-13)19-14(22)4-3-11-21-15(23)17(20-16(21)24)9-1-2-10-17/h5-8H,1-4,9-11H2,(H,19,22)(H,20,24)(H2,18,25,26). The Hall–Kier alpha value is -2.46. The van der Waals surface area contributed by atoms with Crippen molar-refractivity contribution in [1.29, 1.82) is 0 Å². The summed E-state index contributed by atoms with van der Waals surface area (Å²) in [5.74, 6) is -0.481. The number of carbonyl (C=O) groups excluding carboxylic acids is 3. The van der Waals surface area contributed by atoms with Crippen LogP contribution >= 0.6 is 0 Å². The first-order valence-electron chi connectivity index (χ1n) is 8.78. The van der Waals surface area contributed by atoms with Crippen molar-refractivity contribution in [3.63, 3.8) is 0 Å². The molecule has 9 nitrogen and oxygen atoms in total. The van der Waals surface area contributed by atoms with Crippen LogP contribution in [0, 0.1) is 0 Å². The fourth-order valence-electron chi connectivity index (χ4n) is 3.55. The summed E-state index contributed by atoms with van der Waals surface area (Å²) >= 11 is 0. The number of urea groups is 1. The van der Waals surface area contributed by atoms with E-state index in [0.29, 0.717) is 24.9 Å². The first-order valence-corrected chi connectivity index (χ1v) is 10.3. The van der Waals surface area contributed by atoms with Crippen molar-refractivity contribution in [1.82, 2.24) is 10.2 Å². The molecule has 0 aromatic heterocycles. The molecule has 4 N–H and O–H groups in total. The van der Waals surface area contributed by atoms with Gasteiger partial charge in [-0.25, -0.2) is 18.4 Å². The molecule has 1 spiro atoms. The molecule has 2 fully saturated rings. The maximum Gasteiger partial charge on any atom is 0.325 e. The van der Waals surface area contributed by atoms with Crippen molar-refractivity contribution in [2.24, 2.45) is 5.14 Å². The predicted molar refractivity (Wildman–Crippen MR) is 97.1 cm³/mol. The highest BCUT2D eigenvalue weighted by Gasteiger charge is 2.51. The van der Waals surface area contributed by atoms with Gasteiger partial charge in [0.2, 0.25) is 15.9 Å². The minimum atomic E-state index is -3.78. The van der Waals surface area contributed by atoms with E-state index in [1.54, 1.807) is 0 Å². The fraction of sp³-hybridized carbons (Fsp3) is 0.471. The van der Waals surface area contributed by atoms with Crippen molar-refractivity contribution >= 4 is 33.6 Å². The molecule has 1 aromatic rings. The van der Waals surface area contributed by atoms with Crippen molar-refractivity contribution in [2.45, 2.75) is 49.0 Å². The lowest BCUT2D eigenvalue weighted by molar-refractivity contribution is -0.131. The lowest BCUT2D eigenvalue weighted by Crippen LogP contribution is -2.44. The van der Waals surface area contributed by atoms with Gasteiger partial charge in [-0.05, 0) is 43.5 Å². The molecule has 0 atom stereocenters. The Balaban J connectivity index is 1.48. The molecule has 0 bridgehead atoms. The van der Waals surface area contributed by atoms with Gasteiger partial charge in [-0.15, -0.1) is 0 Å². The molecule has 1 saturated carbocycles. The predicted octanol–water partition coefficient (Wildman–Crippen LogP) is 0.917. The topological polar surface area (TPSA) is 139 Å². The molecule has 0 radical (unpaired) electrons. The summed E-state index contributed by atoms with van der Waals surface area (Å²) in [6, 6.07) is 5.11. The van der Waals surface area contributed by atoms with Gasteiger partial charge in [0.25, 0.3) is 5.91 Å². The lowest BCUT2D eigenvalue weighted by Gasteiger charge is -2.19. The molecule has 3 rings (SSSR count). The van der Waals surface area contributed by atoms with Crippen molar-refractivity contribution < 1.29 is 22.8 Å². The van der Waals surface area contributed by atoms with E-state index in [2.05, 4.69) is 10.6 Å². The summed E-state index contributed by atoms with van der Waals surface area (Å²) in [7, 11) is -3.78. The van der Waals surface area contributed by atoms with E-state index in [-0.39, 0.29) is 35.7 Å². The number of anilines is 1. The Morgan fingerprint density at radius 3 is 2.41 bits per heavy atom. The Bertz CT molecular complexity index is 860. The molecule has 1 heterocycles. The Labute approximate surface area is 157 Å². The average Bonchev–Trinajstić information content (AvgIpc) is 3.15. The van der Waals surface area contributed by atoms with Gasteiger partial charge >= 0.3 is 6.03 Å². The van der Waals surface area contributed by atoms with Crippen molar-refractivity contribution in [2.75, 3.05) is 11.9 Å². The number of nitrogens with one attached hydrogen (secondary N) is 2. The van der Waals surface area contributed by atoms with E-state index < -0.39 is 15.6 Å². The van der Waals surface area contributed by atoms with E-state index in [1.165, 1.54) is 29.2 Å². The third-order valence-corrected chi connectivity index (χ3v) is 5.88. The summed E-state index contributed by atoms with van der Waals surface area (Å²) in [6.07, 6.45) is 3.66. The normalized spacial score (nSPS) is 18.8. The van der Waals surface area contributed by atoms with Crippen LogP contribution in [-0.2, 0) is 19.6 Å². The van der Waals surface area contributed by atoms with Crippen LogP contribution in [0.25, 0.3) is 0 Å². The monoisotopic (exact) mass is 394 g/mol. The number of benzene rings is 1. The Morgan fingerprint density at radius 2 is 1.81 bits per heavy atom. The van der Waals surface area contributed by atoms with Crippen LogP contribution in [0.3, 0.4) is 0 Å². The molecule has 1 aliphatic heterocycles.